The Bertz CT molecular complexity index is 440. The van der Waals surface area contributed by atoms with Gasteiger partial charge in [-0.25, -0.2) is 5.01 Å². The molecule has 2 rings (SSSR count). The maximum absolute atomic E-state index is 11.7. The van der Waals surface area contributed by atoms with Gasteiger partial charge in [0.25, 0.3) is 0 Å². The SMILES string of the molecule is CC1(C)CC(=O)N1NC(=O)Cc1ccccc1. The number of carbonyl (C=O) groups is 2. The van der Waals surface area contributed by atoms with Gasteiger partial charge in [-0.3, -0.25) is 15.0 Å². The van der Waals surface area contributed by atoms with Crippen LogP contribution in [0.15, 0.2) is 30.3 Å². The van der Waals surface area contributed by atoms with E-state index in [2.05, 4.69) is 5.43 Å². The summed E-state index contributed by atoms with van der Waals surface area (Å²) < 4.78 is 0. The molecular weight excluding hydrogens is 216 g/mol. The summed E-state index contributed by atoms with van der Waals surface area (Å²) in [6, 6.07) is 9.47. The monoisotopic (exact) mass is 232 g/mol. The molecule has 1 aliphatic rings. The third-order valence-corrected chi connectivity index (χ3v) is 2.88. The highest BCUT2D eigenvalue weighted by Crippen LogP contribution is 2.28. The van der Waals surface area contributed by atoms with Gasteiger partial charge in [-0.2, -0.15) is 0 Å². The van der Waals surface area contributed by atoms with Crippen molar-refractivity contribution in [3.05, 3.63) is 35.9 Å². The predicted molar refractivity (Wildman–Crippen MR) is 63.8 cm³/mol. The van der Waals surface area contributed by atoms with E-state index in [0.717, 1.165) is 5.56 Å². The van der Waals surface area contributed by atoms with Crippen LogP contribution in [0.3, 0.4) is 0 Å². The van der Waals surface area contributed by atoms with Crippen molar-refractivity contribution in [3.63, 3.8) is 0 Å². The van der Waals surface area contributed by atoms with Crippen molar-refractivity contribution < 1.29 is 9.59 Å². The van der Waals surface area contributed by atoms with Gasteiger partial charge >= 0.3 is 0 Å². The Morgan fingerprint density at radius 3 is 2.53 bits per heavy atom. The highest BCUT2D eigenvalue weighted by molar-refractivity contribution is 5.88. The summed E-state index contributed by atoms with van der Waals surface area (Å²) in [5.74, 6) is -0.186. The maximum Gasteiger partial charge on any atom is 0.243 e. The number of benzene rings is 1. The summed E-state index contributed by atoms with van der Waals surface area (Å²) in [5.41, 5.74) is 3.33. The van der Waals surface area contributed by atoms with Crippen LogP contribution < -0.4 is 5.43 Å². The molecule has 1 heterocycles. The molecule has 90 valence electrons. The molecule has 0 spiro atoms. The zero-order chi connectivity index (χ0) is 12.5. The van der Waals surface area contributed by atoms with E-state index in [-0.39, 0.29) is 17.4 Å². The van der Waals surface area contributed by atoms with Gasteiger partial charge in [0.1, 0.15) is 0 Å². The minimum absolute atomic E-state index is 0.0311. The Hall–Kier alpha value is -1.84. The number of amides is 2. The number of hydrazine groups is 1. The van der Waals surface area contributed by atoms with E-state index < -0.39 is 0 Å². The summed E-state index contributed by atoms with van der Waals surface area (Å²) in [6.07, 6.45) is 0.777. The largest absolute Gasteiger partial charge is 0.273 e. The topological polar surface area (TPSA) is 49.4 Å². The fourth-order valence-corrected chi connectivity index (χ4v) is 1.93. The number of carbonyl (C=O) groups excluding carboxylic acids is 2. The number of nitrogens with zero attached hydrogens (tertiary/aromatic N) is 1. The number of β-lactam (4-membered cyclic amide) rings is 1. The lowest BCUT2D eigenvalue weighted by atomic mass is 9.90. The quantitative estimate of drug-likeness (QED) is 0.798. The molecule has 1 saturated heterocycles. The van der Waals surface area contributed by atoms with Crippen LogP contribution in [0.25, 0.3) is 0 Å². The molecule has 2 amide bonds. The van der Waals surface area contributed by atoms with Crippen molar-refractivity contribution >= 4 is 11.8 Å². The third-order valence-electron chi connectivity index (χ3n) is 2.88. The van der Waals surface area contributed by atoms with E-state index in [1.165, 1.54) is 5.01 Å². The van der Waals surface area contributed by atoms with Crippen LogP contribution in [0, 0.1) is 0 Å². The lowest BCUT2D eigenvalue weighted by Gasteiger charge is -2.46. The predicted octanol–water partition coefficient (Wildman–Crippen LogP) is 1.27. The van der Waals surface area contributed by atoms with Gasteiger partial charge in [-0.1, -0.05) is 30.3 Å². The normalized spacial score (nSPS) is 17.5. The van der Waals surface area contributed by atoms with Gasteiger partial charge in [0.05, 0.1) is 18.4 Å². The van der Waals surface area contributed by atoms with Crippen LogP contribution in [0.5, 0.6) is 0 Å². The maximum atomic E-state index is 11.7. The molecule has 0 saturated carbocycles. The van der Waals surface area contributed by atoms with Crippen LogP contribution in [0.1, 0.15) is 25.8 Å². The van der Waals surface area contributed by atoms with E-state index in [1.807, 2.05) is 44.2 Å². The Balaban J connectivity index is 1.92. The molecule has 1 aromatic carbocycles. The van der Waals surface area contributed by atoms with Crippen molar-refractivity contribution in [2.45, 2.75) is 32.2 Å². The average Bonchev–Trinajstić information content (AvgIpc) is 2.27. The van der Waals surface area contributed by atoms with Crippen LogP contribution in [0.2, 0.25) is 0 Å². The molecule has 1 fully saturated rings. The standard InChI is InChI=1S/C13H16N2O2/c1-13(2)9-12(17)15(13)14-11(16)8-10-6-4-3-5-7-10/h3-7H,8-9H2,1-2H3,(H,14,16). The van der Waals surface area contributed by atoms with E-state index in [0.29, 0.717) is 12.8 Å². The van der Waals surface area contributed by atoms with Crippen LogP contribution in [-0.2, 0) is 16.0 Å². The second-order valence-electron chi connectivity index (χ2n) is 4.92. The van der Waals surface area contributed by atoms with Gasteiger partial charge in [-0.15, -0.1) is 0 Å². The highest BCUT2D eigenvalue weighted by atomic mass is 16.2. The molecule has 4 nitrogen and oxygen atoms in total. The van der Waals surface area contributed by atoms with Gasteiger partial charge in [0.15, 0.2) is 0 Å². The Morgan fingerprint density at radius 1 is 1.35 bits per heavy atom. The second-order valence-corrected chi connectivity index (χ2v) is 4.92. The fourth-order valence-electron chi connectivity index (χ4n) is 1.93. The van der Waals surface area contributed by atoms with E-state index in [9.17, 15) is 9.59 Å². The molecular formula is C13H16N2O2. The lowest BCUT2D eigenvalue weighted by molar-refractivity contribution is -0.165. The first-order chi connectivity index (χ1) is 7.99. The molecule has 4 heteroatoms. The smallest absolute Gasteiger partial charge is 0.243 e. The molecule has 1 aromatic rings. The molecule has 1 N–H and O–H groups in total. The molecule has 0 atom stereocenters. The average molecular weight is 232 g/mol. The Morgan fingerprint density at radius 2 is 2.00 bits per heavy atom. The van der Waals surface area contributed by atoms with Crippen molar-refractivity contribution in [1.29, 1.82) is 0 Å². The van der Waals surface area contributed by atoms with Crippen molar-refractivity contribution in [2.75, 3.05) is 0 Å². The molecule has 0 aliphatic carbocycles. The second kappa shape index (κ2) is 4.20. The zero-order valence-corrected chi connectivity index (χ0v) is 10.1. The van der Waals surface area contributed by atoms with E-state index in [1.54, 1.807) is 0 Å². The van der Waals surface area contributed by atoms with Crippen molar-refractivity contribution in [2.24, 2.45) is 0 Å². The third kappa shape index (κ3) is 2.46. The summed E-state index contributed by atoms with van der Waals surface area (Å²) in [7, 11) is 0. The number of rotatable bonds is 3. The van der Waals surface area contributed by atoms with Crippen LogP contribution >= 0.6 is 0 Å². The van der Waals surface area contributed by atoms with Gasteiger partial charge in [0, 0.05) is 0 Å². The minimum atomic E-state index is -0.260. The summed E-state index contributed by atoms with van der Waals surface area (Å²) >= 11 is 0. The molecule has 0 unspecified atom stereocenters. The number of hydrogen-bond donors (Lipinski definition) is 1. The molecule has 0 aromatic heterocycles. The van der Waals surface area contributed by atoms with Crippen LogP contribution in [-0.4, -0.2) is 22.4 Å². The highest BCUT2D eigenvalue weighted by Gasteiger charge is 2.44. The first-order valence-electron chi connectivity index (χ1n) is 5.65. The van der Waals surface area contributed by atoms with Crippen molar-refractivity contribution in [1.82, 2.24) is 10.4 Å². The summed E-state index contributed by atoms with van der Waals surface area (Å²) in [4.78, 5) is 23.1. The summed E-state index contributed by atoms with van der Waals surface area (Å²) in [5, 5.41) is 1.41. The molecule has 0 radical (unpaired) electrons. The van der Waals surface area contributed by atoms with Gasteiger partial charge < -0.3 is 0 Å². The molecule has 1 aliphatic heterocycles. The Kier molecular flexibility index (Phi) is 2.88. The molecule has 0 bridgehead atoms. The van der Waals surface area contributed by atoms with Crippen molar-refractivity contribution in [3.8, 4) is 0 Å². The Labute approximate surface area is 101 Å². The van der Waals surface area contributed by atoms with Gasteiger partial charge in [-0.05, 0) is 19.4 Å². The lowest BCUT2D eigenvalue weighted by Crippen LogP contribution is -2.66. The van der Waals surface area contributed by atoms with Gasteiger partial charge in [0.2, 0.25) is 11.8 Å². The summed E-state index contributed by atoms with van der Waals surface area (Å²) in [6.45, 7) is 3.86. The first kappa shape index (κ1) is 11.6. The fraction of sp³-hybridized carbons (Fsp3) is 0.385. The van der Waals surface area contributed by atoms with E-state index in [4.69, 9.17) is 0 Å². The zero-order valence-electron chi connectivity index (χ0n) is 10.1. The minimum Gasteiger partial charge on any atom is -0.273 e. The number of nitrogens with one attached hydrogen (secondary N) is 1. The van der Waals surface area contributed by atoms with Crippen LogP contribution in [0.4, 0.5) is 0 Å². The number of hydrogen-bond acceptors (Lipinski definition) is 2. The van der Waals surface area contributed by atoms with E-state index >= 15 is 0 Å². The first-order valence-corrected chi connectivity index (χ1v) is 5.65. The molecule has 17 heavy (non-hydrogen) atoms.